The van der Waals surface area contributed by atoms with Crippen LogP contribution in [0.1, 0.15) is 29.3 Å². The maximum atomic E-state index is 14.3. The molecule has 0 fully saturated rings. The van der Waals surface area contributed by atoms with Crippen LogP contribution >= 0.6 is 23.5 Å². The van der Waals surface area contributed by atoms with E-state index in [0.29, 0.717) is 40.5 Å². The van der Waals surface area contributed by atoms with Gasteiger partial charge in [-0.3, -0.25) is 19.3 Å². The minimum Gasteiger partial charge on any atom is -0.493 e. The standard InChI is InChI=1S/C41H37N3O6S2/c1-5-35(41(47)44-31-18-9-11-20-36(31)52-37-21-12-10-19-32(37)44)51-29-17-13-16-28(25-29)42-40(46)30(43-39(45)27-14-7-6-8-15-27)22-26-23-33(48-2)38(50-4)34(24-26)49-3/h6-25,35H,5H2,1-4H3,(H,42,46)(H,43,45)/b30-22+. The van der Waals surface area contributed by atoms with Crippen molar-refractivity contribution < 1.29 is 28.6 Å². The number of methoxy groups -OCH3 is 3. The highest BCUT2D eigenvalue weighted by atomic mass is 32.2. The summed E-state index contributed by atoms with van der Waals surface area (Å²) >= 11 is 3.09. The van der Waals surface area contributed by atoms with E-state index >= 15 is 0 Å². The summed E-state index contributed by atoms with van der Waals surface area (Å²) < 4.78 is 16.4. The summed E-state index contributed by atoms with van der Waals surface area (Å²) in [5.74, 6) is 0.141. The van der Waals surface area contributed by atoms with Gasteiger partial charge < -0.3 is 24.8 Å². The lowest BCUT2D eigenvalue weighted by Gasteiger charge is -2.33. The molecule has 52 heavy (non-hydrogen) atoms. The number of benzene rings is 5. The monoisotopic (exact) mass is 731 g/mol. The van der Waals surface area contributed by atoms with E-state index in [9.17, 15) is 14.4 Å². The van der Waals surface area contributed by atoms with Crippen LogP contribution in [0.25, 0.3) is 6.08 Å². The number of ether oxygens (including phenoxy) is 3. The maximum Gasteiger partial charge on any atom is 0.272 e. The molecule has 1 atom stereocenters. The van der Waals surface area contributed by atoms with Crippen LogP contribution in [0.15, 0.2) is 136 Å². The van der Waals surface area contributed by atoms with Gasteiger partial charge in [0.05, 0.1) is 38.0 Å². The number of nitrogens with zero attached hydrogens (tertiary/aromatic N) is 1. The molecule has 2 N–H and O–H groups in total. The second-order valence-electron chi connectivity index (χ2n) is 11.5. The van der Waals surface area contributed by atoms with Crippen LogP contribution in [0.3, 0.4) is 0 Å². The fourth-order valence-electron chi connectivity index (χ4n) is 5.70. The molecule has 1 heterocycles. The van der Waals surface area contributed by atoms with Gasteiger partial charge in [0.15, 0.2) is 11.5 Å². The summed E-state index contributed by atoms with van der Waals surface area (Å²) in [7, 11) is 4.51. The van der Waals surface area contributed by atoms with Gasteiger partial charge in [-0.05, 0) is 84.8 Å². The number of rotatable bonds is 12. The Balaban J connectivity index is 1.26. The van der Waals surface area contributed by atoms with E-state index in [1.807, 2.05) is 78.6 Å². The van der Waals surface area contributed by atoms with Gasteiger partial charge in [-0.1, -0.05) is 67.2 Å². The summed E-state index contributed by atoms with van der Waals surface area (Å²) in [6.07, 6.45) is 2.12. The van der Waals surface area contributed by atoms with E-state index in [0.717, 1.165) is 26.1 Å². The van der Waals surface area contributed by atoms with E-state index < -0.39 is 17.1 Å². The van der Waals surface area contributed by atoms with E-state index in [4.69, 9.17) is 14.2 Å². The molecule has 1 unspecified atom stereocenters. The van der Waals surface area contributed by atoms with Gasteiger partial charge in [0.2, 0.25) is 11.7 Å². The number of thioether (sulfide) groups is 1. The third kappa shape index (κ3) is 7.96. The molecule has 0 saturated carbocycles. The first kappa shape index (κ1) is 36.2. The zero-order chi connectivity index (χ0) is 36.6. The molecule has 5 aromatic carbocycles. The molecular formula is C41H37N3O6S2. The number of amides is 3. The van der Waals surface area contributed by atoms with Gasteiger partial charge in [0.25, 0.3) is 11.8 Å². The Morgan fingerprint density at radius 2 is 1.38 bits per heavy atom. The molecule has 5 aromatic rings. The minimum absolute atomic E-state index is 0.0110. The number of nitrogens with one attached hydrogen (secondary N) is 2. The van der Waals surface area contributed by atoms with E-state index in [-0.39, 0.29) is 11.6 Å². The number of hydrogen-bond donors (Lipinski definition) is 2. The van der Waals surface area contributed by atoms with Gasteiger partial charge in [-0.15, -0.1) is 11.8 Å². The molecular weight excluding hydrogens is 695 g/mol. The first-order valence-corrected chi connectivity index (χ1v) is 18.2. The van der Waals surface area contributed by atoms with Crippen LogP contribution < -0.4 is 29.7 Å². The molecule has 0 aromatic heterocycles. The number of hydrogen-bond acceptors (Lipinski definition) is 8. The largest absolute Gasteiger partial charge is 0.493 e. The SMILES string of the molecule is CCC(Sc1cccc(NC(=O)/C(=C\c2cc(OC)c(OC)c(OC)c2)NC(=O)c2ccccc2)c1)C(=O)N1c2ccccc2Sc2ccccc21. The lowest BCUT2D eigenvalue weighted by molar-refractivity contribution is -0.117. The molecule has 3 amide bonds. The average Bonchev–Trinajstić information content (AvgIpc) is 3.18. The van der Waals surface area contributed by atoms with Crippen molar-refractivity contribution in [2.24, 2.45) is 0 Å². The van der Waals surface area contributed by atoms with Gasteiger partial charge >= 0.3 is 0 Å². The highest BCUT2D eigenvalue weighted by molar-refractivity contribution is 8.00. The van der Waals surface area contributed by atoms with Gasteiger partial charge in [0, 0.05) is 25.9 Å². The first-order chi connectivity index (χ1) is 25.3. The normalized spacial score (nSPS) is 12.5. The fraction of sp³-hybridized carbons (Fsp3) is 0.146. The molecule has 0 aliphatic carbocycles. The van der Waals surface area contributed by atoms with Crippen LogP contribution in [0.2, 0.25) is 0 Å². The third-order valence-electron chi connectivity index (χ3n) is 8.20. The Morgan fingerprint density at radius 3 is 1.98 bits per heavy atom. The molecule has 0 saturated heterocycles. The number of carbonyl (C=O) groups excluding carboxylic acids is 3. The molecule has 0 radical (unpaired) electrons. The Kier molecular flexibility index (Phi) is 11.5. The smallest absolute Gasteiger partial charge is 0.272 e. The van der Waals surface area contributed by atoms with E-state index in [2.05, 4.69) is 10.6 Å². The van der Waals surface area contributed by atoms with Crippen LogP contribution in [0, 0.1) is 0 Å². The van der Waals surface area contributed by atoms with Crippen molar-refractivity contribution in [3.63, 3.8) is 0 Å². The average molecular weight is 732 g/mol. The van der Waals surface area contributed by atoms with Crippen molar-refractivity contribution in [1.29, 1.82) is 0 Å². The van der Waals surface area contributed by atoms with Crippen LogP contribution in [-0.4, -0.2) is 44.3 Å². The van der Waals surface area contributed by atoms with Crippen molar-refractivity contribution in [2.45, 2.75) is 33.3 Å². The van der Waals surface area contributed by atoms with Crippen LogP contribution in [0.5, 0.6) is 17.2 Å². The van der Waals surface area contributed by atoms with Crippen molar-refractivity contribution >= 4 is 64.4 Å². The first-order valence-electron chi connectivity index (χ1n) is 16.5. The lowest BCUT2D eigenvalue weighted by atomic mass is 10.1. The van der Waals surface area contributed by atoms with Crippen molar-refractivity contribution in [3.8, 4) is 17.2 Å². The highest BCUT2D eigenvalue weighted by Crippen LogP contribution is 2.49. The van der Waals surface area contributed by atoms with Gasteiger partial charge in [-0.2, -0.15) is 0 Å². The Hall–Kier alpha value is -5.65. The molecule has 1 aliphatic rings. The van der Waals surface area contributed by atoms with Crippen LogP contribution in [-0.2, 0) is 9.59 Å². The quantitative estimate of drug-likeness (QED) is 0.0969. The van der Waals surface area contributed by atoms with Crippen LogP contribution in [0.4, 0.5) is 17.1 Å². The molecule has 0 spiro atoms. The second-order valence-corrected chi connectivity index (χ2v) is 13.9. The number of para-hydroxylation sites is 2. The molecule has 1 aliphatic heterocycles. The van der Waals surface area contributed by atoms with E-state index in [1.54, 1.807) is 60.3 Å². The summed E-state index contributed by atoms with van der Waals surface area (Å²) in [5, 5.41) is 5.29. The lowest BCUT2D eigenvalue weighted by Crippen LogP contribution is -2.35. The number of carbonyl (C=O) groups is 3. The molecule has 0 bridgehead atoms. The Morgan fingerprint density at radius 1 is 0.769 bits per heavy atom. The predicted molar refractivity (Wildman–Crippen MR) is 207 cm³/mol. The maximum absolute atomic E-state index is 14.3. The minimum atomic E-state index is -0.553. The van der Waals surface area contributed by atoms with Crippen molar-refractivity contribution in [3.05, 3.63) is 132 Å². The molecule has 11 heteroatoms. The molecule has 6 rings (SSSR count). The van der Waals surface area contributed by atoms with Crippen molar-refractivity contribution in [2.75, 3.05) is 31.5 Å². The zero-order valence-corrected chi connectivity index (χ0v) is 30.7. The van der Waals surface area contributed by atoms with Gasteiger partial charge in [-0.25, -0.2) is 0 Å². The Labute approximate surface area is 311 Å². The number of anilines is 3. The van der Waals surface area contributed by atoms with Crippen molar-refractivity contribution in [1.82, 2.24) is 5.32 Å². The molecule has 9 nitrogen and oxygen atoms in total. The third-order valence-corrected chi connectivity index (χ3v) is 10.7. The fourth-order valence-corrected chi connectivity index (χ4v) is 7.81. The summed E-state index contributed by atoms with van der Waals surface area (Å²) in [5.41, 5.74) is 3.12. The van der Waals surface area contributed by atoms with Gasteiger partial charge in [0.1, 0.15) is 5.70 Å². The predicted octanol–water partition coefficient (Wildman–Crippen LogP) is 8.82. The highest BCUT2D eigenvalue weighted by Gasteiger charge is 2.32. The van der Waals surface area contributed by atoms with E-state index in [1.165, 1.54) is 39.2 Å². The number of fused-ring (bicyclic) bond motifs is 2. The summed E-state index contributed by atoms with van der Waals surface area (Å²) in [6.45, 7) is 1.99. The zero-order valence-electron chi connectivity index (χ0n) is 29.0. The second kappa shape index (κ2) is 16.6. The Bertz CT molecular complexity index is 2070. The topological polar surface area (TPSA) is 106 Å². The molecule has 264 valence electrons. The summed E-state index contributed by atoms with van der Waals surface area (Å²) in [4.78, 5) is 46.1. The summed E-state index contributed by atoms with van der Waals surface area (Å²) in [6, 6.07) is 35.2.